The van der Waals surface area contributed by atoms with E-state index in [0.717, 1.165) is 22.6 Å². The van der Waals surface area contributed by atoms with E-state index in [4.69, 9.17) is 4.74 Å². The minimum Gasteiger partial charge on any atom is -0.495 e. The number of aryl methyl sites for hydroxylation is 1. The second kappa shape index (κ2) is 7.81. The van der Waals surface area contributed by atoms with Gasteiger partial charge in [-0.2, -0.15) is 0 Å². The van der Waals surface area contributed by atoms with Crippen LogP contribution in [0.4, 0.5) is 10.8 Å². The zero-order valence-electron chi connectivity index (χ0n) is 14.1. The molecule has 0 saturated heterocycles. The molecule has 128 valence electrons. The van der Waals surface area contributed by atoms with Crippen LogP contribution >= 0.6 is 11.3 Å². The molecule has 0 bridgehead atoms. The van der Waals surface area contributed by atoms with Crippen LogP contribution in [0.15, 0.2) is 53.9 Å². The fourth-order valence-corrected chi connectivity index (χ4v) is 3.04. The number of amides is 1. The minimum absolute atomic E-state index is 0.190. The number of hydrogen-bond donors (Lipinski definition) is 2. The number of nitrogens with one attached hydrogen (secondary N) is 2. The van der Waals surface area contributed by atoms with E-state index >= 15 is 0 Å². The van der Waals surface area contributed by atoms with Crippen LogP contribution in [0, 0.1) is 6.92 Å². The maximum atomic E-state index is 12.2. The maximum absolute atomic E-state index is 12.2. The number of nitrogens with zero attached hydrogens (tertiary/aromatic N) is 1. The normalized spacial score (nSPS) is 10.3. The van der Waals surface area contributed by atoms with Crippen LogP contribution in [0.3, 0.4) is 0 Å². The summed E-state index contributed by atoms with van der Waals surface area (Å²) in [7, 11) is 1.63. The Morgan fingerprint density at radius 3 is 2.76 bits per heavy atom. The van der Waals surface area contributed by atoms with Crippen molar-refractivity contribution in [2.75, 3.05) is 12.4 Å². The molecular weight excluding hydrogens is 334 g/mol. The highest BCUT2D eigenvalue weighted by Crippen LogP contribution is 2.29. The Kier molecular flexibility index (Phi) is 5.30. The molecular formula is C19H19N3O2S. The Labute approximate surface area is 150 Å². The van der Waals surface area contributed by atoms with E-state index in [0.29, 0.717) is 17.4 Å². The highest BCUT2D eigenvalue weighted by Gasteiger charge is 2.12. The van der Waals surface area contributed by atoms with E-state index in [-0.39, 0.29) is 5.91 Å². The standard InChI is InChI=1S/C19H19N3O2S/c1-13-8-9-17(24-2)15(10-13)21-19-22-16(12-25-19)18(23)20-11-14-6-4-3-5-7-14/h3-10,12H,11H2,1-2H3,(H,20,23)(H,21,22). The lowest BCUT2D eigenvalue weighted by Crippen LogP contribution is -2.23. The molecule has 6 heteroatoms. The Morgan fingerprint density at radius 1 is 1.20 bits per heavy atom. The van der Waals surface area contributed by atoms with Crippen LogP contribution in [0.2, 0.25) is 0 Å². The first-order valence-electron chi connectivity index (χ1n) is 7.85. The smallest absolute Gasteiger partial charge is 0.271 e. The lowest BCUT2D eigenvalue weighted by Gasteiger charge is -2.09. The summed E-state index contributed by atoms with van der Waals surface area (Å²) in [5.74, 6) is 0.542. The Bertz CT molecular complexity index is 862. The topological polar surface area (TPSA) is 63.2 Å². The van der Waals surface area contributed by atoms with E-state index in [1.807, 2.05) is 55.5 Å². The van der Waals surface area contributed by atoms with Gasteiger partial charge in [0, 0.05) is 11.9 Å². The number of carbonyl (C=O) groups excluding carboxylic acids is 1. The molecule has 0 radical (unpaired) electrons. The van der Waals surface area contributed by atoms with Gasteiger partial charge in [-0.1, -0.05) is 36.4 Å². The van der Waals surface area contributed by atoms with Gasteiger partial charge < -0.3 is 15.4 Å². The quantitative estimate of drug-likeness (QED) is 0.699. The summed E-state index contributed by atoms with van der Waals surface area (Å²) in [6.07, 6.45) is 0. The number of rotatable bonds is 6. The molecule has 0 fully saturated rings. The van der Waals surface area contributed by atoms with Gasteiger partial charge in [0.05, 0.1) is 12.8 Å². The van der Waals surface area contributed by atoms with Crippen molar-refractivity contribution in [3.8, 4) is 5.75 Å². The van der Waals surface area contributed by atoms with Crippen molar-refractivity contribution in [2.24, 2.45) is 0 Å². The van der Waals surface area contributed by atoms with Crippen LogP contribution in [-0.2, 0) is 6.54 Å². The molecule has 5 nitrogen and oxygen atoms in total. The number of hydrogen-bond acceptors (Lipinski definition) is 5. The highest BCUT2D eigenvalue weighted by atomic mass is 32.1. The van der Waals surface area contributed by atoms with E-state index < -0.39 is 0 Å². The van der Waals surface area contributed by atoms with Crippen molar-refractivity contribution < 1.29 is 9.53 Å². The van der Waals surface area contributed by atoms with Crippen molar-refractivity contribution in [1.82, 2.24) is 10.3 Å². The predicted molar refractivity (Wildman–Crippen MR) is 101 cm³/mol. The number of carbonyl (C=O) groups is 1. The number of thiazole rings is 1. The van der Waals surface area contributed by atoms with Crippen LogP contribution < -0.4 is 15.4 Å². The van der Waals surface area contributed by atoms with E-state index in [1.54, 1.807) is 12.5 Å². The zero-order chi connectivity index (χ0) is 17.6. The third-order valence-corrected chi connectivity index (χ3v) is 4.39. The van der Waals surface area contributed by atoms with Gasteiger partial charge in [-0.15, -0.1) is 11.3 Å². The molecule has 1 amide bonds. The van der Waals surface area contributed by atoms with Crippen molar-refractivity contribution in [3.63, 3.8) is 0 Å². The van der Waals surface area contributed by atoms with Crippen LogP contribution in [0.25, 0.3) is 0 Å². The molecule has 2 aromatic carbocycles. The predicted octanol–water partition coefficient (Wildman–Crippen LogP) is 4.13. The Hall–Kier alpha value is -2.86. The van der Waals surface area contributed by atoms with E-state index in [1.165, 1.54) is 11.3 Å². The third-order valence-electron chi connectivity index (χ3n) is 3.63. The first-order chi connectivity index (χ1) is 12.2. The fourth-order valence-electron chi connectivity index (χ4n) is 2.34. The largest absolute Gasteiger partial charge is 0.495 e. The highest BCUT2D eigenvalue weighted by molar-refractivity contribution is 7.14. The number of ether oxygens (including phenoxy) is 1. The summed E-state index contributed by atoms with van der Waals surface area (Å²) < 4.78 is 5.35. The van der Waals surface area contributed by atoms with E-state index in [2.05, 4.69) is 15.6 Å². The summed E-state index contributed by atoms with van der Waals surface area (Å²) >= 11 is 1.38. The average Bonchev–Trinajstić information content (AvgIpc) is 3.09. The fraction of sp³-hybridized carbons (Fsp3) is 0.158. The van der Waals surface area contributed by atoms with Crippen molar-refractivity contribution in [2.45, 2.75) is 13.5 Å². The molecule has 25 heavy (non-hydrogen) atoms. The van der Waals surface area contributed by atoms with Gasteiger partial charge >= 0.3 is 0 Å². The number of anilines is 2. The number of aromatic nitrogens is 1. The van der Waals surface area contributed by atoms with Gasteiger partial charge in [0.25, 0.3) is 5.91 Å². The maximum Gasteiger partial charge on any atom is 0.271 e. The summed E-state index contributed by atoms with van der Waals surface area (Å²) in [6, 6.07) is 15.6. The summed E-state index contributed by atoms with van der Waals surface area (Å²) in [4.78, 5) is 16.6. The van der Waals surface area contributed by atoms with E-state index in [9.17, 15) is 4.79 Å². The average molecular weight is 353 g/mol. The molecule has 0 spiro atoms. The minimum atomic E-state index is -0.190. The first-order valence-corrected chi connectivity index (χ1v) is 8.73. The molecule has 2 N–H and O–H groups in total. The number of benzene rings is 2. The Balaban J connectivity index is 1.66. The SMILES string of the molecule is COc1ccc(C)cc1Nc1nc(C(=O)NCc2ccccc2)cs1. The van der Waals surface area contributed by atoms with Crippen LogP contribution in [-0.4, -0.2) is 18.0 Å². The molecule has 1 heterocycles. The molecule has 3 aromatic rings. The molecule has 0 atom stereocenters. The monoisotopic (exact) mass is 353 g/mol. The lowest BCUT2D eigenvalue weighted by molar-refractivity contribution is 0.0946. The molecule has 0 aliphatic heterocycles. The van der Waals surface area contributed by atoms with Crippen LogP contribution in [0.5, 0.6) is 5.75 Å². The second-order valence-electron chi connectivity index (χ2n) is 5.53. The summed E-state index contributed by atoms with van der Waals surface area (Å²) in [5.41, 5.74) is 3.39. The summed E-state index contributed by atoms with van der Waals surface area (Å²) in [5, 5.41) is 8.48. The van der Waals surface area contributed by atoms with Gasteiger partial charge in [-0.25, -0.2) is 4.98 Å². The third kappa shape index (κ3) is 4.36. The van der Waals surface area contributed by atoms with Gasteiger partial charge in [-0.05, 0) is 30.2 Å². The number of methoxy groups -OCH3 is 1. The van der Waals surface area contributed by atoms with Crippen LogP contribution in [0.1, 0.15) is 21.6 Å². The molecule has 1 aromatic heterocycles. The molecule has 0 aliphatic carbocycles. The van der Waals surface area contributed by atoms with Gasteiger partial charge in [0.15, 0.2) is 5.13 Å². The van der Waals surface area contributed by atoms with Crippen molar-refractivity contribution in [1.29, 1.82) is 0 Å². The second-order valence-corrected chi connectivity index (χ2v) is 6.39. The first kappa shape index (κ1) is 17.0. The molecule has 0 unspecified atom stereocenters. The lowest BCUT2D eigenvalue weighted by atomic mass is 10.2. The molecule has 0 aliphatic rings. The van der Waals surface area contributed by atoms with Gasteiger partial charge in [0.1, 0.15) is 11.4 Å². The summed E-state index contributed by atoms with van der Waals surface area (Å²) in [6.45, 7) is 2.49. The van der Waals surface area contributed by atoms with Gasteiger partial charge in [0.2, 0.25) is 0 Å². The molecule has 0 saturated carbocycles. The molecule has 3 rings (SSSR count). The van der Waals surface area contributed by atoms with Gasteiger partial charge in [-0.3, -0.25) is 4.79 Å². The zero-order valence-corrected chi connectivity index (χ0v) is 14.9. The Morgan fingerprint density at radius 2 is 2.00 bits per heavy atom. The van der Waals surface area contributed by atoms with Crippen molar-refractivity contribution in [3.05, 3.63) is 70.7 Å². The van der Waals surface area contributed by atoms with Crippen molar-refractivity contribution >= 4 is 28.1 Å².